The SMILES string of the molecule is COC(=O)c1sccc1OCc1nnc(-c2ccc(OC)cc2)o1. The topological polar surface area (TPSA) is 83.7 Å². The lowest BCUT2D eigenvalue weighted by Crippen LogP contribution is -2.02. The molecular formula is C16H14N2O5S. The van der Waals surface area contributed by atoms with Gasteiger partial charge in [0.05, 0.1) is 14.2 Å². The molecule has 0 bridgehead atoms. The summed E-state index contributed by atoms with van der Waals surface area (Å²) < 4.78 is 20.9. The van der Waals surface area contributed by atoms with Crippen LogP contribution in [0, 0.1) is 0 Å². The van der Waals surface area contributed by atoms with Gasteiger partial charge in [0.1, 0.15) is 11.5 Å². The molecule has 0 radical (unpaired) electrons. The minimum atomic E-state index is -0.440. The number of aromatic nitrogens is 2. The van der Waals surface area contributed by atoms with Gasteiger partial charge in [0.15, 0.2) is 11.5 Å². The van der Waals surface area contributed by atoms with Crippen molar-refractivity contribution in [1.29, 1.82) is 0 Å². The molecule has 124 valence electrons. The largest absolute Gasteiger partial charge is 0.497 e. The molecule has 0 amide bonds. The monoisotopic (exact) mass is 346 g/mol. The van der Waals surface area contributed by atoms with E-state index in [0.29, 0.717) is 22.4 Å². The third kappa shape index (κ3) is 3.38. The van der Waals surface area contributed by atoms with Crippen molar-refractivity contribution in [2.24, 2.45) is 0 Å². The molecule has 0 spiro atoms. The van der Waals surface area contributed by atoms with Crippen molar-refractivity contribution in [3.63, 3.8) is 0 Å². The van der Waals surface area contributed by atoms with Crippen LogP contribution in [0.3, 0.4) is 0 Å². The number of nitrogens with zero attached hydrogens (tertiary/aromatic N) is 2. The number of carbonyl (C=O) groups is 1. The van der Waals surface area contributed by atoms with Gasteiger partial charge in [-0.1, -0.05) is 0 Å². The van der Waals surface area contributed by atoms with Crippen LogP contribution in [-0.4, -0.2) is 30.4 Å². The lowest BCUT2D eigenvalue weighted by atomic mass is 10.2. The van der Waals surface area contributed by atoms with E-state index >= 15 is 0 Å². The Bertz CT molecular complexity index is 825. The molecule has 0 N–H and O–H groups in total. The van der Waals surface area contributed by atoms with Crippen LogP contribution in [-0.2, 0) is 11.3 Å². The van der Waals surface area contributed by atoms with E-state index in [0.717, 1.165) is 11.3 Å². The summed E-state index contributed by atoms with van der Waals surface area (Å²) in [6, 6.07) is 8.96. The van der Waals surface area contributed by atoms with Gasteiger partial charge in [-0.15, -0.1) is 21.5 Å². The fourth-order valence-corrected chi connectivity index (χ4v) is 2.70. The zero-order valence-electron chi connectivity index (χ0n) is 13.0. The Balaban J connectivity index is 1.68. The lowest BCUT2D eigenvalue weighted by Gasteiger charge is -2.03. The average Bonchev–Trinajstić information content (AvgIpc) is 3.28. The Morgan fingerprint density at radius 1 is 1.17 bits per heavy atom. The Morgan fingerprint density at radius 2 is 1.96 bits per heavy atom. The number of hydrogen-bond acceptors (Lipinski definition) is 8. The van der Waals surface area contributed by atoms with Gasteiger partial charge in [0.2, 0.25) is 5.89 Å². The molecule has 0 unspecified atom stereocenters. The van der Waals surface area contributed by atoms with Crippen molar-refractivity contribution in [2.75, 3.05) is 14.2 Å². The zero-order valence-corrected chi connectivity index (χ0v) is 13.8. The molecule has 0 aliphatic carbocycles. The Hall–Kier alpha value is -2.87. The van der Waals surface area contributed by atoms with Crippen molar-refractivity contribution < 1.29 is 23.4 Å². The highest BCUT2D eigenvalue weighted by atomic mass is 32.1. The number of esters is 1. The molecule has 2 heterocycles. The van der Waals surface area contributed by atoms with Crippen molar-refractivity contribution in [3.8, 4) is 23.0 Å². The second kappa shape index (κ2) is 7.14. The number of benzene rings is 1. The van der Waals surface area contributed by atoms with Crippen molar-refractivity contribution in [2.45, 2.75) is 6.61 Å². The van der Waals surface area contributed by atoms with Crippen LogP contribution in [0.25, 0.3) is 11.5 Å². The lowest BCUT2D eigenvalue weighted by molar-refractivity contribution is 0.0601. The molecule has 3 aromatic rings. The highest BCUT2D eigenvalue weighted by molar-refractivity contribution is 7.12. The first kappa shape index (κ1) is 16.0. The number of methoxy groups -OCH3 is 2. The maximum absolute atomic E-state index is 11.6. The summed E-state index contributed by atoms with van der Waals surface area (Å²) in [4.78, 5) is 12.0. The second-order valence-corrected chi connectivity index (χ2v) is 5.54. The van der Waals surface area contributed by atoms with Crippen molar-refractivity contribution >= 4 is 17.3 Å². The highest BCUT2D eigenvalue weighted by Gasteiger charge is 2.16. The maximum atomic E-state index is 11.6. The highest BCUT2D eigenvalue weighted by Crippen LogP contribution is 2.27. The van der Waals surface area contributed by atoms with E-state index in [4.69, 9.17) is 18.6 Å². The molecule has 0 saturated carbocycles. The van der Waals surface area contributed by atoms with Gasteiger partial charge in [-0.2, -0.15) is 0 Å². The quantitative estimate of drug-likeness (QED) is 0.634. The van der Waals surface area contributed by atoms with Crippen LogP contribution in [0.4, 0.5) is 0 Å². The van der Waals surface area contributed by atoms with Crippen molar-refractivity contribution in [1.82, 2.24) is 10.2 Å². The Kier molecular flexibility index (Phi) is 4.76. The van der Waals surface area contributed by atoms with E-state index in [9.17, 15) is 4.79 Å². The number of thiophene rings is 1. The third-order valence-electron chi connectivity index (χ3n) is 3.15. The number of ether oxygens (including phenoxy) is 3. The van der Waals surface area contributed by atoms with E-state index in [1.165, 1.54) is 18.4 Å². The first-order chi connectivity index (χ1) is 11.7. The summed E-state index contributed by atoms with van der Waals surface area (Å²) in [6.07, 6.45) is 0. The molecule has 2 aromatic heterocycles. The summed E-state index contributed by atoms with van der Waals surface area (Å²) in [5, 5.41) is 9.68. The number of carbonyl (C=O) groups excluding carboxylic acids is 1. The fourth-order valence-electron chi connectivity index (χ4n) is 1.95. The van der Waals surface area contributed by atoms with E-state index < -0.39 is 5.97 Å². The maximum Gasteiger partial charge on any atom is 0.351 e. The van der Waals surface area contributed by atoms with Gasteiger partial charge < -0.3 is 18.6 Å². The minimum absolute atomic E-state index is 0.0594. The van der Waals surface area contributed by atoms with Gasteiger partial charge in [0.25, 0.3) is 5.89 Å². The minimum Gasteiger partial charge on any atom is -0.497 e. The molecule has 0 fully saturated rings. The van der Waals surface area contributed by atoms with Gasteiger partial charge in [-0.25, -0.2) is 4.79 Å². The summed E-state index contributed by atoms with van der Waals surface area (Å²) in [5.74, 6) is 1.42. The fraction of sp³-hybridized carbons (Fsp3) is 0.188. The van der Waals surface area contributed by atoms with Crippen LogP contribution >= 0.6 is 11.3 Å². The normalized spacial score (nSPS) is 10.4. The van der Waals surface area contributed by atoms with E-state index in [-0.39, 0.29) is 6.61 Å². The van der Waals surface area contributed by atoms with E-state index in [1.54, 1.807) is 18.6 Å². The average molecular weight is 346 g/mol. The molecule has 8 heteroatoms. The summed E-state index contributed by atoms with van der Waals surface area (Å²) in [7, 11) is 2.93. The van der Waals surface area contributed by atoms with Crippen LogP contribution in [0.15, 0.2) is 40.1 Å². The molecule has 0 aliphatic rings. The molecule has 0 saturated heterocycles. The van der Waals surface area contributed by atoms with Gasteiger partial charge in [0, 0.05) is 5.56 Å². The van der Waals surface area contributed by atoms with Gasteiger partial charge in [-0.05, 0) is 35.7 Å². The molecule has 7 nitrogen and oxygen atoms in total. The van der Waals surface area contributed by atoms with Crippen molar-refractivity contribution in [3.05, 3.63) is 46.5 Å². The Labute approximate surface area is 141 Å². The first-order valence-electron chi connectivity index (χ1n) is 6.96. The standard InChI is InChI=1S/C16H14N2O5S/c1-20-11-5-3-10(4-6-11)15-18-17-13(23-15)9-22-12-7-8-24-14(12)16(19)21-2/h3-8H,9H2,1-2H3. The summed E-state index contributed by atoms with van der Waals surface area (Å²) in [5.41, 5.74) is 0.778. The number of rotatable bonds is 6. The molecule has 1 aromatic carbocycles. The zero-order chi connectivity index (χ0) is 16.9. The molecular weight excluding hydrogens is 332 g/mol. The van der Waals surface area contributed by atoms with Gasteiger partial charge >= 0.3 is 5.97 Å². The number of hydrogen-bond donors (Lipinski definition) is 0. The Morgan fingerprint density at radius 3 is 2.67 bits per heavy atom. The van der Waals surface area contributed by atoms with Crippen LogP contribution in [0.1, 0.15) is 15.6 Å². The molecule has 24 heavy (non-hydrogen) atoms. The van der Waals surface area contributed by atoms with E-state index in [1.807, 2.05) is 24.3 Å². The predicted octanol–water partition coefficient (Wildman–Crippen LogP) is 3.17. The second-order valence-electron chi connectivity index (χ2n) is 4.62. The van der Waals surface area contributed by atoms with E-state index in [2.05, 4.69) is 10.2 Å². The van der Waals surface area contributed by atoms with Crippen LogP contribution in [0.5, 0.6) is 11.5 Å². The summed E-state index contributed by atoms with van der Waals surface area (Å²) in [6.45, 7) is 0.0594. The molecule has 3 rings (SSSR count). The third-order valence-corrected chi connectivity index (χ3v) is 4.03. The molecule has 0 atom stereocenters. The molecule has 0 aliphatic heterocycles. The summed E-state index contributed by atoms with van der Waals surface area (Å²) >= 11 is 1.24. The first-order valence-corrected chi connectivity index (χ1v) is 7.84. The van der Waals surface area contributed by atoms with Crippen LogP contribution < -0.4 is 9.47 Å². The van der Waals surface area contributed by atoms with Gasteiger partial charge in [-0.3, -0.25) is 0 Å². The predicted molar refractivity (Wildman–Crippen MR) is 86.3 cm³/mol. The smallest absolute Gasteiger partial charge is 0.351 e. The van der Waals surface area contributed by atoms with Crippen LogP contribution in [0.2, 0.25) is 0 Å².